The van der Waals surface area contributed by atoms with Crippen LogP contribution in [0.5, 0.6) is 0 Å². The Balaban J connectivity index is 2.12. The largest absolute Gasteiger partial charge is 0.459 e. The van der Waals surface area contributed by atoms with E-state index in [1.54, 1.807) is 13.8 Å². The molecule has 0 amide bonds. The first-order valence-corrected chi connectivity index (χ1v) is 7.22. The van der Waals surface area contributed by atoms with Crippen LogP contribution in [0.15, 0.2) is 0 Å². The predicted molar refractivity (Wildman–Crippen MR) is 69.8 cm³/mol. The molecule has 0 aromatic rings. The van der Waals surface area contributed by atoms with E-state index in [9.17, 15) is 15.0 Å². The van der Waals surface area contributed by atoms with Crippen LogP contribution in [0, 0.1) is 5.92 Å². The van der Waals surface area contributed by atoms with Gasteiger partial charge in [0.2, 0.25) is 0 Å². The van der Waals surface area contributed by atoms with Gasteiger partial charge < -0.3 is 24.4 Å². The lowest BCUT2D eigenvalue weighted by Crippen LogP contribution is -2.54. The topological polar surface area (TPSA) is 85.2 Å². The van der Waals surface area contributed by atoms with Crippen molar-refractivity contribution < 1.29 is 29.2 Å². The average Bonchev–Trinajstić information content (AvgIpc) is 2.69. The second kappa shape index (κ2) is 5.97. The molecule has 2 fully saturated rings. The summed E-state index contributed by atoms with van der Waals surface area (Å²) in [6.07, 6.45) is -0.902. The van der Waals surface area contributed by atoms with Gasteiger partial charge in [0.15, 0.2) is 5.79 Å². The number of hydrogen-bond acceptors (Lipinski definition) is 6. The smallest absolute Gasteiger partial charge is 0.306 e. The van der Waals surface area contributed by atoms with Crippen molar-refractivity contribution >= 4 is 5.97 Å². The van der Waals surface area contributed by atoms with Gasteiger partial charge in [-0.05, 0) is 26.7 Å². The summed E-state index contributed by atoms with van der Waals surface area (Å²) in [6, 6.07) is 0. The van der Waals surface area contributed by atoms with Crippen LogP contribution < -0.4 is 0 Å². The third kappa shape index (κ3) is 3.14. The first kappa shape index (κ1) is 15.7. The molecule has 1 saturated carbocycles. The average molecular weight is 288 g/mol. The summed E-state index contributed by atoms with van der Waals surface area (Å²) in [5.74, 6) is -1.47. The monoisotopic (exact) mass is 288 g/mol. The van der Waals surface area contributed by atoms with E-state index in [-0.39, 0.29) is 18.5 Å². The number of aliphatic hydroxyl groups excluding tert-OH is 2. The highest BCUT2D eigenvalue weighted by molar-refractivity contribution is 5.69. The molecule has 0 unspecified atom stereocenters. The molecule has 1 aliphatic heterocycles. The molecule has 2 aliphatic rings. The Kier molecular flexibility index (Phi) is 4.69. The van der Waals surface area contributed by atoms with E-state index < -0.39 is 30.2 Å². The summed E-state index contributed by atoms with van der Waals surface area (Å²) in [7, 11) is 0. The van der Waals surface area contributed by atoms with Crippen molar-refractivity contribution in [1.29, 1.82) is 0 Å². The molecular weight excluding hydrogens is 264 g/mol. The standard InChI is InChI=1S/C14H24O6/c1-4-5-10(16)18-9-6-8(7-15)11(17)13-12(9)19-14(2,3)20-13/h8-9,11-13,15,17H,4-7H2,1-3H3/t8-,9-,11+,12+,13-/m0/s1. The Labute approximate surface area is 119 Å². The molecule has 6 nitrogen and oxygen atoms in total. The highest BCUT2D eigenvalue weighted by Gasteiger charge is 2.54. The molecule has 0 aromatic carbocycles. The van der Waals surface area contributed by atoms with Gasteiger partial charge in [-0.15, -0.1) is 0 Å². The fourth-order valence-electron chi connectivity index (χ4n) is 2.94. The molecule has 6 heteroatoms. The van der Waals surface area contributed by atoms with Crippen LogP contribution in [0.3, 0.4) is 0 Å². The Morgan fingerprint density at radius 2 is 2.00 bits per heavy atom. The number of aliphatic hydroxyl groups is 2. The molecule has 0 spiro atoms. The molecule has 116 valence electrons. The number of rotatable bonds is 4. The zero-order valence-corrected chi connectivity index (χ0v) is 12.2. The van der Waals surface area contributed by atoms with Crippen molar-refractivity contribution in [3.63, 3.8) is 0 Å². The third-order valence-corrected chi connectivity index (χ3v) is 3.86. The van der Waals surface area contributed by atoms with Crippen molar-refractivity contribution in [1.82, 2.24) is 0 Å². The van der Waals surface area contributed by atoms with Crippen LogP contribution in [0.4, 0.5) is 0 Å². The Hall–Kier alpha value is -0.690. The lowest BCUT2D eigenvalue weighted by Gasteiger charge is -2.38. The SMILES string of the molecule is CCCC(=O)O[C@H]1C[C@@H](CO)[C@@H](O)[C@@H]2OC(C)(C)O[C@@H]21. The fourth-order valence-corrected chi connectivity index (χ4v) is 2.94. The zero-order chi connectivity index (χ0) is 14.9. The molecule has 0 bridgehead atoms. The molecular formula is C14H24O6. The molecule has 2 rings (SSSR count). The van der Waals surface area contributed by atoms with Crippen LogP contribution in [-0.2, 0) is 19.0 Å². The van der Waals surface area contributed by atoms with Gasteiger partial charge in [-0.2, -0.15) is 0 Å². The molecule has 2 N–H and O–H groups in total. The Bertz CT molecular complexity index is 356. The first-order chi connectivity index (χ1) is 9.38. The lowest BCUT2D eigenvalue weighted by molar-refractivity contribution is -0.173. The Morgan fingerprint density at radius 3 is 2.60 bits per heavy atom. The minimum Gasteiger partial charge on any atom is -0.459 e. The molecule has 20 heavy (non-hydrogen) atoms. The van der Waals surface area contributed by atoms with Gasteiger partial charge in [0, 0.05) is 18.9 Å². The van der Waals surface area contributed by atoms with E-state index in [1.165, 1.54) is 0 Å². The summed E-state index contributed by atoms with van der Waals surface area (Å²) in [5, 5.41) is 19.6. The number of ether oxygens (including phenoxy) is 3. The molecule has 0 aromatic heterocycles. The molecule has 0 radical (unpaired) electrons. The van der Waals surface area contributed by atoms with Crippen molar-refractivity contribution in [3.8, 4) is 0 Å². The van der Waals surface area contributed by atoms with E-state index in [0.717, 1.165) is 0 Å². The quantitative estimate of drug-likeness (QED) is 0.737. The van der Waals surface area contributed by atoms with Crippen LogP contribution >= 0.6 is 0 Å². The highest BCUT2D eigenvalue weighted by atomic mass is 16.8. The van der Waals surface area contributed by atoms with E-state index in [2.05, 4.69) is 0 Å². The van der Waals surface area contributed by atoms with Crippen LogP contribution in [0.2, 0.25) is 0 Å². The maximum atomic E-state index is 11.7. The maximum Gasteiger partial charge on any atom is 0.306 e. The summed E-state index contributed by atoms with van der Waals surface area (Å²) in [4.78, 5) is 11.7. The van der Waals surface area contributed by atoms with Gasteiger partial charge in [-0.25, -0.2) is 0 Å². The summed E-state index contributed by atoms with van der Waals surface area (Å²) < 4.78 is 16.9. The summed E-state index contributed by atoms with van der Waals surface area (Å²) in [6.45, 7) is 5.26. The van der Waals surface area contributed by atoms with Crippen molar-refractivity contribution in [2.24, 2.45) is 5.92 Å². The molecule has 1 saturated heterocycles. The number of hydrogen-bond donors (Lipinski definition) is 2. The number of fused-ring (bicyclic) bond motifs is 1. The fraction of sp³-hybridized carbons (Fsp3) is 0.929. The van der Waals surface area contributed by atoms with Crippen LogP contribution in [0.1, 0.15) is 40.0 Å². The minimum atomic E-state index is -0.823. The maximum absolute atomic E-state index is 11.7. The second-order valence-corrected chi connectivity index (χ2v) is 6.01. The van der Waals surface area contributed by atoms with Gasteiger partial charge in [-0.3, -0.25) is 4.79 Å². The van der Waals surface area contributed by atoms with Gasteiger partial charge in [0.25, 0.3) is 0 Å². The number of esters is 1. The van der Waals surface area contributed by atoms with Crippen LogP contribution in [-0.4, -0.2) is 53.0 Å². The van der Waals surface area contributed by atoms with Gasteiger partial charge in [0.1, 0.15) is 18.3 Å². The lowest BCUT2D eigenvalue weighted by atomic mass is 9.81. The zero-order valence-electron chi connectivity index (χ0n) is 12.2. The molecule has 5 atom stereocenters. The normalized spacial score (nSPS) is 39.4. The molecule has 1 aliphatic carbocycles. The first-order valence-electron chi connectivity index (χ1n) is 7.22. The van der Waals surface area contributed by atoms with Crippen molar-refractivity contribution in [2.45, 2.75) is 70.2 Å². The van der Waals surface area contributed by atoms with E-state index in [0.29, 0.717) is 19.3 Å². The minimum absolute atomic E-state index is 0.171. The third-order valence-electron chi connectivity index (χ3n) is 3.86. The van der Waals surface area contributed by atoms with Crippen molar-refractivity contribution in [3.05, 3.63) is 0 Å². The molecule has 1 heterocycles. The van der Waals surface area contributed by atoms with E-state index >= 15 is 0 Å². The Morgan fingerprint density at radius 1 is 1.35 bits per heavy atom. The van der Waals surface area contributed by atoms with Gasteiger partial charge >= 0.3 is 5.97 Å². The van der Waals surface area contributed by atoms with Crippen molar-refractivity contribution in [2.75, 3.05) is 6.61 Å². The van der Waals surface area contributed by atoms with E-state index in [1.807, 2.05) is 6.92 Å². The van der Waals surface area contributed by atoms with E-state index in [4.69, 9.17) is 14.2 Å². The second-order valence-electron chi connectivity index (χ2n) is 6.01. The van der Waals surface area contributed by atoms with Gasteiger partial charge in [-0.1, -0.05) is 6.92 Å². The van der Waals surface area contributed by atoms with Gasteiger partial charge in [0.05, 0.1) is 6.10 Å². The summed E-state index contributed by atoms with van der Waals surface area (Å²) in [5.41, 5.74) is 0. The predicted octanol–water partition coefficient (Wildman–Crippen LogP) is 0.591. The highest BCUT2D eigenvalue weighted by Crippen LogP contribution is 2.40. The number of carbonyl (C=O) groups excluding carboxylic acids is 1. The number of carbonyl (C=O) groups is 1. The summed E-state index contributed by atoms with van der Waals surface area (Å²) >= 11 is 0. The van der Waals surface area contributed by atoms with Crippen LogP contribution in [0.25, 0.3) is 0 Å².